The highest BCUT2D eigenvalue weighted by molar-refractivity contribution is 5.80. The zero-order chi connectivity index (χ0) is 16.4. The van der Waals surface area contributed by atoms with Gasteiger partial charge in [-0.25, -0.2) is 4.98 Å². The third-order valence-corrected chi connectivity index (χ3v) is 5.40. The Hall–Kier alpha value is -1.88. The Morgan fingerprint density at radius 1 is 1.33 bits per heavy atom. The van der Waals surface area contributed by atoms with E-state index in [4.69, 9.17) is 4.74 Å². The number of piperidine rings is 1. The van der Waals surface area contributed by atoms with E-state index >= 15 is 0 Å². The molecular formula is C19H25N3O2. The minimum atomic E-state index is -0.0194. The molecule has 4 rings (SSSR count). The van der Waals surface area contributed by atoms with Gasteiger partial charge in [-0.3, -0.25) is 4.79 Å². The third kappa shape index (κ3) is 3.31. The molecule has 0 saturated carbocycles. The number of nitrogens with zero attached hydrogens (tertiary/aromatic N) is 2. The summed E-state index contributed by atoms with van der Waals surface area (Å²) >= 11 is 0. The van der Waals surface area contributed by atoms with Crippen molar-refractivity contribution in [2.24, 2.45) is 0 Å². The fraction of sp³-hybridized carbons (Fsp3) is 0.579. The normalized spacial score (nSPS) is 25.8. The summed E-state index contributed by atoms with van der Waals surface area (Å²) in [6.45, 7) is 3.26. The van der Waals surface area contributed by atoms with E-state index in [0.717, 1.165) is 44.5 Å². The molecule has 2 saturated heterocycles. The molecule has 1 N–H and O–H groups in total. The van der Waals surface area contributed by atoms with Crippen molar-refractivity contribution in [3.63, 3.8) is 0 Å². The second kappa shape index (κ2) is 6.93. The van der Waals surface area contributed by atoms with E-state index in [1.807, 2.05) is 12.3 Å². The lowest BCUT2D eigenvalue weighted by molar-refractivity contribution is -0.154. The number of pyridine rings is 1. The van der Waals surface area contributed by atoms with Gasteiger partial charge in [-0.15, -0.1) is 0 Å². The first-order valence-electron chi connectivity index (χ1n) is 9.13. The van der Waals surface area contributed by atoms with Crippen molar-refractivity contribution in [1.82, 2.24) is 14.9 Å². The smallest absolute Gasteiger partial charge is 0.306 e. The molecule has 4 heterocycles. The Labute approximate surface area is 142 Å². The van der Waals surface area contributed by atoms with Crippen LogP contribution in [0.3, 0.4) is 0 Å². The van der Waals surface area contributed by atoms with Gasteiger partial charge in [0.05, 0.1) is 0 Å². The first kappa shape index (κ1) is 15.6. The van der Waals surface area contributed by atoms with Gasteiger partial charge >= 0.3 is 5.97 Å². The van der Waals surface area contributed by atoms with Gasteiger partial charge in [0.2, 0.25) is 0 Å². The summed E-state index contributed by atoms with van der Waals surface area (Å²) in [5.74, 6) is 0.541. The Morgan fingerprint density at radius 2 is 2.29 bits per heavy atom. The lowest BCUT2D eigenvalue weighted by Gasteiger charge is -2.34. The fourth-order valence-electron chi connectivity index (χ4n) is 4.14. The average Bonchev–Trinajstić information content (AvgIpc) is 3.04. The number of aromatic amines is 1. The maximum atomic E-state index is 11.4. The van der Waals surface area contributed by atoms with Gasteiger partial charge < -0.3 is 14.6 Å². The lowest BCUT2D eigenvalue weighted by atomic mass is 9.90. The molecule has 0 aromatic carbocycles. The number of carbonyl (C=O) groups is 1. The van der Waals surface area contributed by atoms with Gasteiger partial charge in [-0.2, -0.15) is 0 Å². The molecule has 5 heteroatoms. The van der Waals surface area contributed by atoms with Crippen molar-refractivity contribution in [1.29, 1.82) is 0 Å². The predicted octanol–water partition coefficient (Wildman–Crippen LogP) is 3.23. The molecule has 5 nitrogen and oxygen atoms in total. The van der Waals surface area contributed by atoms with Crippen LogP contribution in [0.1, 0.15) is 50.0 Å². The average molecular weight is 327 g/mol. The topological polar surface area (TPSA) is 58.2 Å². The third-order valence-electron chi connectivity index (χ3n) is 5.40. The molecular weight excluding hydrogens is 302 g/mol. The summed E-state index contributed by atoms with van der Waals surface area (Å²) in [5.41, 5.74) is 2.38. The van der Waals surface area contributed by atoms with Gasteiger partial charge in [0.25, 0.3) is 0 Å². The van der Waals surface area contributed by atoms with Crippen molar-refractivity contribution >= 4 is 17.0 Å². The summed E-state index contributed by atoms with van der Waals surface area (Å²) in [6.07, 6.45) is 10.1. The van der Waals surface area contributed by atoms with Crippen molar-refractivity contribution in [2.45, 2.75) is 50.5 Å². The lowest BCUT2D eigenvalue weighted by Crippen LogP contribution is -2.37. The van der Waals surface area contributed by atoms with Gasteiger partial charge in [0, 0.05) is 37.3 Å². The number of hydrogen-bond donors (Lipinski definition) is 1. The summed E-state index contributed by atoms with van der Waals surface area (Å²) in [4.78, 5) is 21.6. The number of ether oxygens (including phenoxy) is 1. The number of cyclic esters (lactones) is 1. The highest BCUT2D eigenvalue weighted by Gasteiger charge is 2.25. The summed E-state index contributed by atoms with van der Waals surface area (Å²) in [5, 5.41) is 1.26. The Bertz CT molecular complexity index is 711. The maximum absolute atomic E-state index is 11.4. The monoisotopic (exact) mass is 327 g/mol. The van der Waals surface area contributed by atoms with E-state index in [1.165, 1.54) is 23.8 Å². The number of hydrogen-bond acceptors (Lipinski definition) is 4. The van der Waals surface area contributed by atoms with Gasteiger partial charge in [-0.1, -0.05) is 0 Å². The molecule has 0 bridgehead atoms. The van der Waals surface area contributed by atoms with Crippen molar-refractivity contribution in [3.05, 3.63) is 30.1 Å². The molecule has 2 fully saturated rings. The highest BCUT2D eigenvalue weighted by Crippen LogP contribution is 2.31. The molecule has 2 atom stereocenters. The predicted molar refractivity (Wildman–Crippen MR) is 92.9 cm³/mol. The summed E-state index contributed by atoms with van der Waals surface area (Å²) in [6, 6.07) is 4.17. The molecule has 2 aromatic rings. The maximum Gasteiger partial charge on any atom is 0.306 e. The quantitative estimate of drug-likeness (QED) is 0.876. The van der Waals surface area contributed by atoms with Crippen LogP contribution in [0.4, 0.5) is 0 Å². The van der Waals surface area contributed by atoms with Crippen LogP contribution >= 0.6 is 0 Å². The van der Waals surface area contributed by atoms with Crippen molar-refractivity contribution in [3.8, 4) is 0 Å². The van der Waals surface area contributed by atoms with Gasteiger partial charge in [0.1, 0.15) is 11.8 Å². The zero-order valence-electron chi connectivity index (χ0n) is 14.0. The molecule has 24 heavy (non-hydrogen) atoms. The van der Waals surface area contributed by atoms with E-state index in [9.17, 15) is 4.79 Å². The molecule has 0 spiro atoms. The number of aromatic nitrogens is 2. The number of esters is 1. The molecule has 2 aromatic heterocycles. The van der Waals surface area contributed by atoms with Gasteiger partial charge in [0.15, 0.2) is 0 Å². The van der Waals surface area contributed by atoms with Crippen LogP contribution in [0.15, 0.2) is 24.5 Å². The summed E-state index contributed by atoms with van der Waals surface area (Å²) in [7, 11) is 0. The molecule has 2 aliphatic rings. The zero-order valence-corrected chi connectivity index (χ0v) is 14.0. The van der Waals surface area contributed by atoms with Crippen LogP contribution in [0.25, 0.3) is 11.0 Å². The number of H-pyrrole nitrogens is 1. The van der Waals surface area contributed by atoms with E-state index < -0.39 is 0 Å². The minimum absolute atomic E-state index is 0.0194. The van der Waals surface area contributed by atoms with Crippen LogP contribution in [0.5, 0.6) is 0 Å². The van der Waals surface area contributed by atoms with Crippen LogP contribution in [0, 0.1) is 0 Å². The van der Waals surface area contributed by atoms with Crippen LogP contribution in [-0.4, -0.2) is 46.6 Å². The van der Waals surface area contributed by atoms with E-state index in [2.05, 4.69) is 27.1 Å². The number of nitrogens with one attached hydrogen (secondary N) is 1. The minimum Gasteiger partial charge on any atom is -0.462 e. The Balaban J connectivity index is 1.38. The van der Waals surface area contributed by atoms with Crippen molar-refractivity contribution < 1.29 is 9.53 Å². The second-order valence-electron chi connectivity index (χ2n) is 7.08. The molecule has 0 radical (unpaired) electrons. The van der Waals surface area contributed by atoms with E-state index in [-0.39, 0.29) is 12.1 Å². The van der Waals surface area contributed by atoms with Crippen LogP contribution in [-0.2, 0) is 9.53 Å². The molecule has 0 aliphatic carbocycles. The number of likely N-dealkylation sites (tertiary alicyclic amines) is 1. The van der Waals surface area contributed by atoms with Crippen molar-refractivity contribution in [2.75, 3.05) is 19.6 Å². The number of rotatable bonds is 4. The van der Waals surface area contributed by atoms with E-state index in [0.29, 0.717) is 12.3 Å². The number of fused-ring (bicyclic) bond motifs is 1. The molecule has 128 valence electrons. The first-order valence-corrected chi connectivity index (χ1v) is 9.13. The van der Waals surface area contributed by atoms with Crippen LogP contribution in [0.2, 0.25) is 0 Å². The van der Waals surface area contributed by atoms with E-state index in [1.54, 1.807) is 0 Å². The largest absolute Gasteiger partial charge is 0.462 e. The fourth-order valence-corrected chi connectivity index (χ4v) is 4.14. The van der Waals surface area contributed by atoms with Gasteiger partial charge in [-0.05, 0) is 62.3 Å². The summed E-state index contributed by atoms with van der Waals surface area (Å²) < 4.78 is 5.46. The standard InChI is InChI=1S/C19H25N3O2/c23-18-7-1-5-15(24-18)8-11-22-10-3-4-14(13-22)17-12-21-19-16(17)6-2-9-20-19/h2,6,9,12,14-15H,1,3-5,7-8,10-11,13H2,(H,20,21). The Morgan fingerprint density at radius 3 is 3.21 bits per heavy atom. The second-order valence-corrected chi connectivity index (χ2v) is 7.08. The highest BCUT2D eigenvalue weighted by atomic mass is 16.5. The van der Waals surface area contributed by atoms with Crippen LogP contribution < -0.4 is 0 Å². The molecule has 2 aliphatic heterocycles. The Kier molecular flexibility index (Phi) is 4.52. The molecule has 0 amide bonds. The number of carbonyl (C=O) groups excluding carboxylic acids is 1. The first-order chi connectivity index (χ1) is 11.8. The SMILES string of the molecule is O=C1CCCC(CCN2CCCC(c3c[nH]c4ncccc34)C2)O1. The molecule has 2 unspecified atom stereocenters.